The van der Waals surface area contributed by atoms with Crippen LogP contribution in [0.1, 0.15) is 36.3 Å². The Balaban J connectivity index is 1.56. The van der Waals surface area contributed by atoms with E-state index in [1.54, 1.807) is 14.2 Å². The summed E-state index contributed by atoms with van der Waals surface area (Å²) in [5.41, 5.74) is 3.25. The molecule has 0 amide bonds. The van der Waals surface area contributed by atoms with E-state index >= 15 is 0 Å². The van der Waals surface area contributed by atoms with E-state index in [0.29, 0.717) is 12.5 Å². The van der Waals surface area contributed by atoms with Gasteiger partial charge in [-0.25, -0.2) is 0 Å². The van der Waals surface area contributed by atoms with E-state index in [-0.39, 0.29) is 0 Å². The van der Waals surface area contributed by atoms with Crippen molar-refractivity contribution in [3.63, 3.8) is 0 Å². The Bertz CT molecular complexity index is 1030. The number of aryl methyl sites for hydroxylation is 1. The minimum Gasteiger partial charge on any atom is -0.496 e. The fourth-order valence-electron chi connectivity index (χ4n) is 4.16. The van der Waals surface area contributed by atoms with E-state index in [2.05, 4.69) is 30.0 Å². The van der Waals surface area contributed by atoms with Crippen LogP contribution in [0.3, 0.4) is 0 Å². The molecule has 1 unspecified atom stereocenters. The van der Waals surface area contributed by atoms with Crippen LogP contribution in [0, 0.1) is 6.92 Å². The molecule has 1 aliphatic rings. The standard InChI is InChI=1S/C26H31NO4/c1-18(23-10-9-19(2)31-23)11-12-27-13-14-30-26-21(17-27)15-20(16-25(26)29-4)22-7-5-6-8-24(22)28-3/h5-10,15-16,18H,11-14,17H2,1-4H3. The van der Waals surface area contributed by atoms with E-state index < -0.39 is 0 Å². The smallest absolute Gasteiger partial charge is 0.165 e. The molecule has 164 valence electrons. The van der Waals surface area contributed by atoms with Gasteiger partial charge in [0.2, 0.25) is 0 Å². The average Bonchev–Trinajstić information content (AvgIpc) is 3.12. The SMILES string of the molecule is COc1ccccc1-c1cc2c(c(OC)c1)OCCN(CCC(C)c1ccc(C)o1)C2. The second-order valence-corrected chi connectivity index (χ2v) is 8.13. The molecular formula is C26H31NO4. The summed E-state index contributed by atoms with van der Waals surface area (Å²) in [6.07, 6.45) is 1.03. The molecule has 0 N–H and O–H groups in total. The number of ether oxygens (including phenoxy) is 3. The number of methoxy groups -OCH3 is 2. The van der Waals surface area contributed by atoms with Gasteiger partial charge in [0.15, 0.2) is 11.5 Å². The lowest BCUT2D eigenvalue weighted by Gasteiger charge is -2.21. The van der Waals surface area contributed by atoms with Gasteiger partial charge in [0.05, 0.1) is 14.2 Å². The van der Waals surface area contributed by atoms with Crippen LogP contribution in [0.25, 0.3) is 11.1 Å². The van der Waals surface area contributed by atoms with Gasteiger partial charge < -0.3 is 18.6 Å². The zero-order valence-electron chi connectivity index (χ0n) is 18.8. The Kier molecular flexibility index (Phi) is 6.52. The second-order valence-electron chi connectivity index (χ2n) is 8.13. The van der Waals surface area contributed by atoms with Crippen LogP contribution in [0.2, 0.25) is 0 Å². The van der Waals surface area contributed by atoms with Crippen LogP contribution >= 0.6 is 0 Å². The van der Waals surface area contributed by atoms with Crippen molar-refractivity contribution < 1.29 is 18.6 Å². The maximum absolute atomic E-state index is 6.13. The predicted octanol–water partition coefficient (Wildman–Crippen LogP) is 5.66. The molecule has 2 aromatic carbocycles. The van der Waals surface area contributed by atoms with Crippen LogP contribution < -0.4 is 14.2 Å². The molecule has 0 radical (unpaired) electrons. The molecule has 4 rings (SSSR count). The van der Waals surface area contributed by atoms with Crippen molar-refractivity contribution in [2.75, 3.05) is 33.9 Å². The molecule has 1 aromatic heterocycles. The molecule has 0 spiro atoms. The van der Waals surface area contributed by atoms with E-state index in [1.165, 1.54) is 0 Å². The van der Waals surface area contributed by atoms with Gasteiger partial charge in [0.1, 0.15) is 23.9 Å². The van der Waals surface area contributed by atoms with Gasteiger partial charge in [0, 0.05) is 30.1 Å². The van der Waals surface area contributed by atoms with Crippen molar-refractivity contribution in [1.29, 1.82) is 0 Å². The molecule has 0 aliphatic carbocycles. The molecule has 0 bridgehead atoms. The van der Waals surface area contributed by atoms with Gasteiger partial charge in [-0.15, -0.1) is 0 Å². The van der Waals surface area contributed by atoms with Gasteiger partial charge >= 0.3 is 0 Å². The van der Waals surface area contributed by atoms with Crippen molar-refractivity contribution >= 4 is 0 Å². The highest BCUT2D eigenvalue weighted by molar-refractivity contribution is 5.74. The quantitative estimate of drug-likeness (QED) is 0.492. The van der Waals surface area contributed by atoms with Gasteiger partial charge in [-0.1, -0.05) is 25.1 Å². The first kappa shape index (κ1) is 21.3. The fourth-order valence-corrected chi connectivity index (χ4v) is 4.16. The maximum Gasteiger partial charge on any atom is 0.165 e. The Labute approximate surface area is 184 Å². The first-order valence-electron chi connectivity index (χ1n) is 10.8. The molecule has 0 saturated carbocycles. The maximum atomic E-state index is 6.13. The van der Waals surface area contributed by atoms with E-state index in [9.17, 15) is 0 Å². The Hall–Kier alpha value is -2.92. The Morgan fingerprint density at radius 1 is 1.03 bits per heavy atom. The van der Waals surface area contributed by atoms with Crippen molar-refractivity contribution in [2.24, 2.45) is 0 Å². The van der Waals surface area contributed by atoms with Gasteiger partial charge in [-0.05, 0) is 55.8 Å². The third-order valence-corrected chi connectivity index (χ3v) is 5.94. The molecule has 1 aliphatic heterocycles. The summed E-state index contributed by atoms with van der Waals surface area (Å²) < 4.78 is 23.2. The second kappa shape index (κ2) is 9.48. The summed E-state index contributed by atoms with van der Waals surface area (Å²) in [6.45, 7) is 7.54. The van der Waals surface area contributed by atoms with Crippen molar-refractivity contribution in [1.82, 2.24) is 4.90 Å². The number of fused-ring (bicyclic) bond motifs is 1. The average molecular weight is 422 g/mol. The highest BCUT2D eigenvalue weighted by Crippen LogP contribution is 2.40. The van der Waals surface area contributed by atoms with E-state index in [1.807, 2.05) is 37.3 Å². The molecule has 31 heavy (non-hydrogen) atoms. The van der Waals surface area contributed by atoms with Crippen LogP contribution in [0.4, 0.5) is 0 Å². The van der Waals surface area contributed by atoms with Crippen LogP contribution in [0.15, 0.2) is 52.9 Å². The number of para-hydroxylation sites is 1. The van der Waals surface area contributed by atoms with Crippen LogP contribution in [0.5, 0.6) is 17.2 Å². The minimum atomic E-state index is 0.381. The first-order valence-corrected chi connectivity index (χ1v) is 10.8. The molecular weight excluding hydrogens is 390 g/mol. The fraction of sp³-hybridized carbons (Fsp3) is 0.385. The van der Waals surface area contributed by atoms with Crippen LogP contribution in [-0.2, 0) is 6.54 Å². The predicted molar refractivity (Wildman–Crippen MR) is 122 cm³/mol. The normalized spacial score (nSPS) is 15.0. The number of nitrogens with zero attached hydrogens (tertiary/aromatic N) is 1. The third-order valence-electron chi connectivity index (χ3n) is 5.94. The van der Waals surface area contributed by atoms with Gasteiger partial charge in [0.25, 0.3) is 0 Å². The molecule has 5 heteroatoms. The lowest BCUT2D eigenvalue weighted by Crippen LogP contribution is -2.27. The zero-order chi connectivity index (χ0) is 21.8. The van der Waals surface area contributed by atoms with Crippen molar-refractivity contribution in [3.8, 4) is 28.4 Å². The zero-order valence-corrected chi connectivity index (χ0v) is 18.8. The van der Waals surface area contributed by atoms with Crippen LogP contribution in [-0.4, -0.2) is 38.8 Å². The van der Waals surface area contributed by atoms with Gasteiger partial charge in [-0.2, -0.15) is 0 Å². The van der Waals surface area contributed by atoms with Crippen molar-refractivity contribution in [3.05, 3.63) is 65.6 Å². The molecule has 2 heterocycles. The number of hydrogen-bond acceptors (Lipinski definition) is 5. The number of benzene rings is 2. The number of hydrogen-bond donors (Lipinski definition) is 0. The highest BCUT2D eigenvalue weighted by atomic mass is 16.5. The summed E-state index contributed by atoms with van der Waals surface area (Å²) in [5, 5.41) is 0. The monoisotopic (exact) mass is 421 g/mol. The summed E-state index contributed by atoms with van der Waals surface area (Å²) in [4.78, 5) is 2.45. The largest absolute Gasteiger partial charge is 0.496 e. The first-order chi connectivity index (χ1) is 15.1. The molecule has 0 saturated heterocycles. The summed E-state index contributed by atoms with van der Waals surface area (Å²) in [7, 11) is 3.40. The number of rotatable bonds is 7. The van der Waals surface area contributed by atoms with Gasteiger partial charge in [-0.3, -0.25) is 4.90 Å². The van der Waals surface area contributed by atoms with E-state index in [0.717, 1.165) is 71.5 Å². The topological polar surface area (TPSA) is 44.1 Å². The molecule has 0 fully saturated rings. The molecule has 3 aromatic rings. The Morgan fingerprint density at radius 2 is 1.84 bits per heavy atom. The lowest BCUT2D eigenvalue weighted by molar-refractivity contribution is 0.216. The highest BCUT2D eigenvalue weighted by Gasteiger charge is 2.22. The lowest BCUT2D eigenvalue weighted by atomic mass is 10.00. The summed E-state index contributed by atoms with van der Waals surface area (Å²) in [6, 6.07) is 16.4. The summed E-state index contributed by atoms with van der Waals surface area (Å²) in [5.74, 6) is 4.86. The minimum absolute atomic E-state index is 0.381. The van der Waals surface area contributed by atoms with Crippen molar-refractivity contribution in [2.45, 2.75) is 32.7 Å². The molecule has 5 nitrogen and oxygen atoms in total. The molecule has 1 atom stereocenters. The summed E-state index contributed by atoms with van der Waals surface area (Å²) >= 11 is 0. The third kappa shape index (κ3) is 4.72. The van der Waals surface area contributed by atoms with E-state index in [4.69, 9.17) is 18.6 Å². The number of furan rings is 1. The Morgan fingerprint density at radius 3 is 2.58 bits per heavy atom.